The standard InChI is InChI=1S/C40H77NO4/c1-3-5-7-9-11-13-15-16-17-18-19-20-21-22-23-24-25-26-28-30-32-34-38(43)40(45)37(36-42)41-39(44)35-33-31-29-27-14-12-10-8-6-4-2/h22-23,26,28,37-38,40,42-43,45H,3-21,24-25,27,29-36H2,1-2H3,(H,41,44)/b23-22+,28-26+. The molecule has 1 amide bonds. The van der Waals surface area contributed by atoms with Gasteiger partial charge in [0, 0.05) is 6.42 Å². The molecule has 0 saturated heterocycles. The highest BCUT2D eigenvalue weighted by Gasteiger charge is 2.26. The molecule has 5 nitrogen and oxygen atoms in total. The summed E-state index contributed by atoms with van der Waals surface area (Å²) in [6.07, 6.45) is 41.4. The zero-order chi connectivity index (χ0) is 33.1. The van der Waals surface area contributed by atoms with E-state index in [9.17, 15) is 20.1 Å². The number of hydrogen-bond donors (Lipinski definition) is 4. The first-order valence-corrected chi connectivity index (χ1v) is 19.6. The molecule has 4 N–H and O–H groups in total. The van der Waals surface area contributed by atoms with Gasteiger partial charge in [-0.2, -0.15) is 0 Å². The lowest BCUT2D eigenvalue weighted by molar-refractivity contribution is -0.124. The first kappa shape index (κ1) is 43.8. The third kappa shape index (κ3) is 31.2. The number of hydrogen-bond acceptors (Lipinski definition) is 4. The summed E-state index contributed by atoms with van der Waals surface area (Å²) in [7, 11) is 0. The summed E-state index contributed by atoms with van der Waals surface area (Å²) in [6.45, 7) is 4.14. The van der Waals surface area contributed by atoms with Crippen molar-refractivity contribution in [2.45, 2.75) is 218 Å². The fourth-order valence-electron chi connectivity index (χ4n) is 5.94. The van der Waals surface area contributed by atoms with Gasteiger partial charge in [-0.1, -0.05) is 167 Å². The Morgan fingerprint density at radius 3 is 1.36 bits per heavy atom. The number of nitrogens with one attached hydrogen (secondary N) is 1. The molecule has 0 saturated carbocycles. The molecule has 0 fully saturated rings. The SMILES string of the molecule is CCCCCCCCCCCCCC/C=C/CC/C=C/CCCC(O)C(O)C(CO)NC(=O)CCCCCCCCCCCC. The summed E-state index contributed by atoms with van der Waals surface area (Å²) >= 11 is 0. The van der Waals surface area contributed by atoms with Gasteiger partial charge in [0.05, 0.1) is 18.8 Å². The molecule has 3 atom stereocenters. The highest BCUT2D eigenvalue weighted by atomic mass is 16.3. The van der Waals surface area contributed by atoms with Crippen LogP contribution in [0.5, 0.6) is 0 Å². The number of carbonyl (C=O) groups is 1. The molecule has 45 heavy (non-hydrogen) atoms. The summed E-state index contributed by atoms with van der Waals surface area (Å²) in [6, 6.07) is -0.826. The van der Waals surface area contributed by atoms with E-state index < -0.39 is 18.2 Å². The van der Waals surface area contributed by atoms with Crippen LogP contribution in [0.25, 0.3) is 0 Å². The average Bonchev–Trinajstić information content (AvgIpc) is 3.04. The van der Waals surface area contributed by atoms with Crippen LogP contribution in [0, 0.1) is 0 Å². The van der Waals surface area contributed by atoms with Crippen LogP contribution < -0.4 is 5.32 Å². The predicted octanol–water partition coefficient (Wildman–Crippen LogP) is 10.7. The molecular formula is C40H77NO4. The van der Waals surface area contributed by atoms with E-state index in [0.29, 0.717) is 12.8 Å². The average molecular weight is 636 g/mol. The fraction of sp³-hybridized carbons (Fsp3) is 0.875. The van der Waals surface area contributed by atoms with Crippen molar-refractivity contribution >= 4 is 5.91 Å². The largest absolute Gasteiger partial charge is 0.394 e. The maximum Gasteiger partial charge on any atom is 0.220 e. The predicted molar refractivity (Wildman–Crippen MR) is 195 cm³/mol. The molecule has 0 aliphatic carbocycles. The van der Waals surface area contributed by atoms with Crippen molar-refractivity contribution in [1.82, 2.24) is 5.32 Å². The van der Waals surface area contributed by atoms with Gasteiger partial charge < -0.3 is 20.6 Å². The van der Waals surface area contributed by atoms with Crippen molar-refractivity contribution in [2.75, 3.05) is 6.61 Å². The molecule has 0 radical (unpaired) electrons. The summed E-state index contributed by atoms with van der Waals surface area (Å²) in [5, 5.41) is 33.3. The second-order valence-electron chi connectivity index (χ2n) is 13.5. The number of carbonyl (C=O) groups excluding carboxylic acids is 1. The quantitative estimate of drug-likeness (QED) is 0.0412. The number of unbranched alkanes of at least 4 members (excludes halogenated alkanes) is 23. The molecule has 0 spiro atoms. The minimum absolute atomic E-state index is 0.161. The van der Waals surface area contributed by atoms with Crippen LogP contribution in [0.1, 0.15) is 200 Å². The zero-order valence-corrected chi connectivity index (χ0v) is 30.0. The van der Waals surface area contributed by atoms with Gasteiger partial charge in [0.1, 0.15) is 6.10 Å². The third-order valence-corrected chi connectivity index (χ3v) is 9.04. The maximum atomic E-state index is 12.3. The Hall–Kier alpha value is -1.17. The second-order valence-corrected chi connectivity index (χ2v) is 13.5. The molecule has 3 unspecified atom stereocenters. The molecule has 266 valence electrons. The molecule has 0 bridgehead atoms. The van der Waals surface area contributed by atoms with E-state index in [1.54, 1.807) is 0 Å². The minimum atomic E-state index is -1.16. The summed E-state index contributed by atoms with van der Waals surface area (Å²) < 4.78 is 0. The molecule has 0 aromatic rings. The Kier molecular flexibility index (Phi) is 34.8. The highest BCUT2D eigenvalue weighted by molar-refractivity contribution is 5.76. The fourth-order valence-corrected chi connectivity index (χ4v) is 5.94. The van der Waals surface area contributed by atoms with Crippen LogP contribution in [-0.4, -0.2) is 46.1 Å². The van der Waals surface area contributed by atoms with E-state index in [4.69, 9.17) is 0 Å². The third-order valence-electron chi connectivity index (χ3n) is 9.04. The zero-order valence-electron chi connectivity index (χ0n) is 30.0. The number of rotatable bonds is 35. The van der Waals surface area contributed by atoms with Crippen molar-refractivity contribution in [3.05, 3.63) is 24.3 Å². The van der Waals surface area contributed by atoms with Crippen LogP contribution in [0.4, 0.5) is 0 Å². The summed E-state index contributed by atoms with van der Waals surface area (Å²) in [4.78, 5) is 12.3. The van der Waals surface area contributed by atoms with Gasteiger partial charge in [0.25, 0.3) is 0 Å². The lowest BCUT2D eigenvalue weighted by Gasteiger charge is -2.26. The van der Waals surface area contributed by atoms with Gasteiger partial charge in [0.15, 0.2) is 0 Å². The van der Waals surface area contributed by atoms with Crippen LogP contribution in [0.2, 0.25) is 0 Å². The second kappa shape index (κ2) is 35.7. The first-order valence-electron chi connectivity index (χ1n) is 19.6. The van der Waals surface area contributed by atoms with E-state index in [-0.39, 0.29) is 12.5 Å². The van der Waals surface area contributed by atoms with Gasteiger partial charge in [-0.15, -0.1) is 0 Å². The van der Waals surface area contributed by atoms with E-state index >= 15 is 0 Å². The van der Waals surface area contributed by atoms with E-state index in [1.165, 1.54) is 128 Å². The van der Waals surface area contributed by atoms with Crippen molar-refractivity contribution in [3.63, 3.8) is 0 Å². The van der Waals surface area contributed by atoms with Gasteiger partial charge in [-0.05, 0) is 51.4 Å². The van der Waals surface area contributed by atoms with Gasteiger partial charge >= 0.3 is 0 Å². The number of amides is 1. The smallest absolute Gasteiger partial charge is 0.220 e. The summed E-state index contributed by atoms with van der Waals surface area (Å²) in [5.74, 6) is -0.161. The van der Waals surface area contributed by atoms with E-state index in [2.05, 4.69) is 43.5 Å². The topological polar surface area (TPSA) is 89.8 Å². The Bertz CT molecular complexity index is 665. The van der Waals surface area contributed by atoms with Crippen molar-refractivity contribution < 1.29 is 20.1 Å². The number of aliphatic hydroxyl groups excluding tert-OH is 3. The van der Waals surface area contributed by atoms with Crippen LogP contribution in [0.15, 0.2) is 24.3 Å². The number of aliphatic hydroxyl groups is 3. The Balaban J connectivity index is 3.71. The van der Waals surface area contributed by atoms with Gasteiger partial charge in [-0.3, -0.25) is 4.79 Å². The van der Waals surface area contributed by atoms with Gasteiger partial charge in [-0.25, -0.2) is 0 Å². The highest BCUT2D eigenvalue weighted by Crippen LogP contribution is 2.14. The lowest BCUT2D eigenvalue weighted by atomic mass is 10.0. The van der Waals surface area contributed by atoms with E-state index in [1.807, 2.05) is 0 Å². The van der Waals surface area contributed by atoms with Crippen LogP contribution >= 0.6 is 0 Å². The maximum absolute atomic E-state index is 12.3. The monoisotopic (exact) mass is 636 g/mol. The van der Waals surface area contributed by atoms with Crippen LogP contribution in [-0.2, 0) is 4.79 Å². The normalized spacial score (nSPS) is 14.0. The van der Waals surface area contributed by atoms with Crippen LogP contribution in [0.3, 0.4) is 0 Å². The molecule has 0 aromatic carbocycles. The van der Waals surface area contributed by atoms with Crippen molar-refractivity contribution in [3.8, 4) is 0 Å². The van der Waals surface area contributed by atoms with E-state index in [0.717, 1.165) is 44.9 Å². The molecule has 0 rings (SSSR count). The van der Waals surface area contributed by atoms with Crippen molar-refractivity contribution in [1.29, 1.82) is 0 Å². The van der Waals surface area contributed by atoms with Crippen molar-refractivity contribution in [2.24, 2.45) is 0 Å². The Labute approximate surface area is 280 Å². The Morgan fingerprint density at radius 2 is 0.911 bits per heavy atom. The first-order chi connectivity index (χ1) is 22.1. The molecule has 5 heteroatoms. The molecule has 0 aliphatic heterocycles. The number of allylic oxidation sites excluding steroid dienone is 4. The molecule has 0 heterocycles. The molecular weight excluding hydrogens is 558 g/mol. The Morgan fingerprint density at radius 1 is 0.533 bits per heavy atom. The lowest BCUT2D eigenvalue weighted by Crippen LogP contribution is -2.50. The van der Waals surface area contributed by atoms with Gasteiger partial charge in [0.2, 0.25) is 5.91 Å². The minimum Gasteiger partial charge on any atom is -0.394 e. The molecule has 0 aliphatic rings. The molecule has 0 aromatic heterocycles. The summed E-state index contributed by atoms with van der Waals surface area (Å²) in [5.41, 5.74) is 0.